The summed E-state index contributed by atoms with van der Waals surface area (Å²) in [6, 6.07) is -0.559. The van der Waals surface area contributed by atoms with Gasteiger partial charge in [-0.3, -0.25) is 14.5 Å². The van der Waals surface area contributed by atoms with E-state index in [2.05, 4.69) is 9.71 Å². The maximum Gasteiger partial charge on any atom is 0.255 e. The highest BCUT2D eigenvalue weighted by Gasteiger charge is 2.51. The first-order valence-corrected chi connectivity index (χ1v) is 7.33. The van der Waals surface area contributed by atoms with E-state index in [9.17, 15) is 13.2 Å². The molecule has 1 N–H and O–H groups in total. The van der Waals surface area contributed by atoms with Gasteiger partial charge in [0.25, 0.3) is 5.91 Å². The molecule has 2 aliphatic rings. The third-order valence-electron chi connectivity index (χ3n) is 3.43. The van der Waals surface area contributed by atoms with Crippen LogP contribution in [0.4, 0.5) is 0 Å². The number of nitrogens with one attached hydrogen (secondary N) is 1. The zero-order valence-electron chi connectivity index (χ0n) is 10.5. The second kappa shape index (κ2) is 4.38. The fourth-order valence-electron chi connectivity index (χ4n) is 1.59. The Kier molecular flexibility index (Phi) is 3.18. The molecule has 7 heteroatoms. The molecule has 1 fully saturated rings. The van der Waals surface area contributed by atoms with Gasteiger partial charge in [-0.1, -0.05) is 0 Å². The maximum absolute atomic E-state index is 11.9. The molecule has 1 amide bonds. The number of amides is 1. The Morgan fingerprint density at radius 1 is 1.50 bits per heavy atom. The number of rotatable bonds is 4. The molecular formula is C11H17N3O3S. The van der Waals surface area contributed by atoms with Crippen LogP contribution in [-0.4, -0.2) is 42.9 Å². The minimum Gasteiger partial charge on any atom is -0.347 e. The lowest BCUT2D eigenvalue weighted by Crippen LogP contribution is -2.48. The molecule has 0 aromatic carbocycles. The Balaban J connectivity index is 2.00. The van der Waals surface area contributed by atoms with E-state index in [1.165, 1.54) is 0 Å². The fraction of sp³-hybridized carbons (Fsp3) is 0.636. The third kappa shape index (κ3) is 2.40. The van der Waals surface area contributed by atoms with E-state index >= 15 is 0 Å². The molecule has 0 bridgehead atoms. The van der Waals surface area contributed by atoms with Gasteiger partial charge in [-0.15, -0.1) is 0 Å². The van der Waals surface area contributed by atoms with Crippen molar-refractivity contribution in [2.24, 2.45) is 4.99 Å². The van der Waals surface area contributed by atoms with E-state index in [4.69, 9.17) is 0 Å². The lowest BCUT2D eigenvalue weighted by molar-refractivity contribution is -0.123. The molecule has 6 nitrogen and oxygen atoms in total. The molecule has 18 heavy (non-hydrogen) atoms. The molecule has 1 atom stereocenters. The van der Waals surface area contributed by atoms with Crippen LogP contribution in [-0.2, 0) is 14.8 Å². The summed E-state index contributed by atoms with van der Waals surface area (Å²) < 4.78 is 25.2. The molecule has 0 aromatic rings. The van der Waals surface area contributed by atoms with Crippen LogP contribution in [0.25, 0.3) is 0 Å². The molecule has 0 aromatic heterocycles. The predicted octanol–water partition coefficient (Wildman–Crippen LogP) is 0.231. The highest BCUT2D eigenvalue weighted by molar-refractivity contribution is 7.91. The molecule has 1 aliphatic heterocycles. The minimum absolute atomic E-state index is 0.363. The lowest BCUT2D eigenvalue weighted by atomic mass is 10.3. The average molecular weight is 271 g/mol. The minimum atomic E-state index is -3.56. The summed E-state index contributed by atoms with van der Waals surface area (Å²) >= 11 is 0. The highest BCUT2D eigenvalue weighted by Crippen LogP contribution is 2.42. The Morgan fingerprint density at radius 3 is 2.67 bits per heavy atom. The summed E-state index contributed by atoms with van der Waals surface area (Å²) in [5.74, 6) is -0.509. The van der Waals surface area contributed by atoms with Crippen LogP contribution in [0.3, 0.4) is 0 Å². The van der Waals surface area contributed by atoms with Crippen LogP contribution in [0.5, 0.6) is 0 Å². The van der Waals surface area contributed by atoms with Gasteiger partial charge in [-0.05, 0) is 32.8 Å². The van der Waals surface area contributed by atoms with Gasteiger partial charge in [0, 0.05) is 12.4 Å². The van der Waals surface area contributed by atoms with Crippen molar-refractivity contribution in [3.05, 3.63) is 12.3 Å². The summed E-state index contributed by atoms with van der Waals surface area (Å²) in [5.41, 5.74) is 0. The second-order valence-electron chi connectivity index (χ2n) is 4.92. The Hall–Kier alpha value is -1.37. The van der Waals surface area contributed by atoms with Gasteiger partial charge in [0.05, 0.1) is 4.75 Å². The molecule has 1 heterocycles. The summed E-state index contributed by atoms with van der Waals surface area (Å²) in [7, 11) is -3.56. The smallest absolute Gasteiger partial charge is 0.255 e. The molecular weight excluding hydrogens is 254 g/mol. The van der Waals surface area contributed by atoms with Crippen LogP contribution in [0.15, 0.2) is 17.3 Å². The Bertz CT molecular complexity index is 506. The zero-order chi connectivity index (χ0) is 13.4. The van der Waals surface area contributed by atoms with Crippen molar-refractivity contribution in [1.82, 2.24) is 9.62 Å². The van der Waals surface area contributed by atoms with Gasteiger partial charge < -0.3 is 4.90 Å². The molecule has 0 radical (unpaired) electrons. The van der Waals surface area contributed by atoms with Gasteiger partial charge in [-0.25, -0.2) is 8.42 Å². The number of hydrogen-bond donors (Lipinski definition) is 1. The van der Waals surface area contributed by atoms with Crippen molar-refractivity contribution in [1.29, 1.82) is 0 Å². The summed E-state index contributed by atoms with van der Waals surface area (Å²) in [4.78, 5) is 17.6. The monoisotopic (exact) mass is 271 g/mol. The van der Waals surface area contributed by atoms with Crippen LogP contribution in [0.2, 0.25) is 0 Å². The van der Waals surface area contributed by atoms with E-state index in [1.54, 1.807) is 37.2 Å². The van der Waals surface area contributed by atoms with Crippen molar-refractivity contribution in [2.75, 3.05) is 6.67 Å². The van der Waals surface area contributed by atoms with E-state index in [1.807, 2.05) is 0 Å². The number of carbonyl (C=O) groups excluding carboxylic acids is 1. The first-order valence-electron chi connectivity index (χ1n) is 5.84. The quantitative estimate of drug-likeness (QED) is 0.794. The molecule has 0 saturated heterocycles. The number of allylic oxidation sites excluding steroid dienone is 1. The van der Waals surface area contributed by atoms with Crippen LogP contribution in [0, 0.1) is 0 Å². The Morgan fingerprint density at radius 2 is 2.17 bits per heavy atom. The van der Waals surface area contributed by atoms with E-state index in [-0.39, 0.29) is 0 Å². The van der Waals surface area contributed by atoms with Gasteiger partial charge in [-0.2, -0.15) is 0 Å². The maximum atomic E-state index is 11.9. The summed E-state index contributed by atoms with van der Waals surface area (Å²) in [6.45, 7) is 3.67. The summed E-state index contributed by atoms with van der Waals surface area (Å²) in [5, 5.41) is 0. The van der Waals surface area contributed by atoms with Crippen LogP contribution in [0.1, 0.15) is 26.7 Å². The van der Waals surface area contributed by atoms with Crippen molar-refractivity contribution >= 4 is 22.1 Å². The van der Waals surface area contributed by atoms with Crippen molar-refractivity contribution in [3.8, 4) is 0 Å². The molecule has 1 saturated carbocycles. The van der Waals surface area contributed by atoms with Gasteiger partial charge in [0.1, 0.15) is 12.7 Å². The predicted molar refractivity (Wildman–Crippen MR) is 68.5 cm³/mol. The molecule has 1 aliphatic carbocycles. The second-order valence-corrected chi connectivity index (χ2v) is 7.12. The van der Waals surface area contributed by atoms with Crippen molar-refractivity contribution in [2.45, 2.75) is 37.5 Å². The summed E-state index contributed by atoms with van der Waals surface area (Å²) in [6.07, 6.45) is 6.30. The third-order valence-corrected chi connectivity index (χ3v) is 5.60. The first-order chi connectivity index (χ1) is 8.36. The molecule has 100 valence electrons. The number of aliphatic imine (C=N–C) groups is 1. The standard InChI is InChI=1S/C11H17N3O3S/c1-9(14-7-3-6-12-8-14)10(15)13-18(16,17)11(2)4-5-11/h3,6-7,9H,4-5,8H2,1-2H3,(H,13,15). The molecule has 1 unspecified atom stereocenters. The van der Waals surface area contributed by atoms with E-state index in [0.29, 0.717) is 19.5 Å². The fourth-order valence-corrected chi connectivity index (χ4v) is 2.91. The molecule has 0 spiro atoms. The SMILES string of the molecule is CC(C(=O)NS(=O)(=O)C1(C)CC1)N1C=CC=NC1. The Labute approximate surface area is 107 Å². The normalized spacial score (nSPS) is 22.7. The first kappa shape index (κ1) is 13.1. The topological polar surface area (TPSA) is 78.8 Å². The number of hydrogen-bond acceptors (Lipinski definition) is 5. The van der Waals surface area contributed by atoms with E-state index < -0.39 is 26.7 Å². The van der Waals surface area contributed by atoms with Crippen molar-refractivity contribution in [3.63, 3.8) is 0 Å². The van der Waals surface area contributed by atoms with Crippen LogP contribution >= 0.6 is 0 Å². The number of carbonyl (C=O) groups is 1. The number of sulfonamides is 1. The molecule has 2 rings (SSSR count). The van der Waals surface area contributed by atoms with Gasteiger partial charge in [0.2, 0.25) is 10.0 Å². The highest BCUT2D eigenvalue weighted by atomic mass is 32.2. The number of nitrogens with zero attached hydrogens (tertiary/aromatic N) is 2. The lowest BCUT2D eigenvalue weighted by Gasteiger charge is -2.26. The van der Waals surface area contributed by atoms with Gasteiger partial charge in [0.15, 0.2) is 0 Å². The van der Waals surface area contributed by atoms with Crippen LogP contribution < -0.4 is 4.72 Å². The van der Waals surface area contributed by atoms with Crippen molar-refractivity contribution < 1.29 is 13.2 Å². The van der Waals surface area contributed by atoms with Gasteiger partial charge >= 0.3 is 0 Å². The largest absolute Gasteiger partial charge is 0.347 e. The van der Waals surface area contributed by atoms with E-state index in [0.717, 1.165) is 0 Å². The average Bonchev–Trinajstić information content (AvgIpc) is 3.09. The zero-order valence-corrected chi connectivity index (χ0v) is 11.3.